The van der Waals surface area contributed by atoms with Gasteiger partial charge in [-0.15, -0.1) is 0 Å². The molecule has 0 radical (unpaired) electrons. The van der Waals surface area contributed by atoms with Gasteiger partial charge in [0.05, 0.1) is 11.1 Å². The van der Waals surface area contributed by atoms with Gasteiger partial charge >= 0.3 is 0 Å². The molecule has 0 fully saturated rings. The number of oxazole rings is 1. The van der Waals surface area contributed by atoms with Gasteiger partial charge in [0.15, 0.2) is 5.58 Å². The van der Waals surface area contributed by atoms with E-state index in [-0.39, 0.29) is 0 Å². The predicted octanol–water partition coefficient (Wildman–Crippen LogP) is 4.69. The maximum absolute atomic E-state index is 6.11. The van der Waals surface area contributed by atoms with E-state index in [1.54, 1.807) is 12.4 Å². The van der Waals surface area contributed by atoms with E-state index in [4.69, 9.17) is 10.2 Å². The van der Waals surface area contributed by atoms with E-state index >= 15 is 0 Å². The van der Waals surface area contributed by atoms with Crippen LogP contribution in [0.4, 0.5) is 5.82 Å². The summed E-state index contributed by atoms with van der Waals surface area (Å²) in [6.07, 6.45) is 3.54. The Morgan fingerprint density at radius 2 is 1.73 bits per heavy atom. The third kappa shape index (κ3) is 2.29. The van der Waals surface area contributed by atoms with E-state index in [2.05, 4.69) is 15.0 Å². The monoisotopic (exact) mass is 338 g/mol. The van der Waals surface area contributed by atoms with Gasteiger partial charge in [0.25, 0.3) is 0 Å². The van der Waals surface area contributed by atoms with Gasteiger partial charge in [0, 0.05) is 28.9 Å². The molecule has 0 saturated heterocycles. The topological polar surface area (TPSA) is 77.8 Å². The van der Waals surface area contributed by atoms with Crippen molar-refractivity contribution in [1.82, 2.24) is 15.0 Å². The second-order valence-corrected chi connectivity index (χ2v) is 6.02. The highest BCUT2D eigenvalue weighted by Crippen LogP contribution is 2.33. The molecule has 2 N–H and O–H groups in total. The standard InChI is InChI=1S/C21H14N4O/c22-20-16(21-25-17-8-1-2-9-18(17)26-21)11-14(12-24-20)15-7-3-5-13-6-4-10-23-19(13)15/h1-12H,(H2,22,24). The van der Waals surface area contributed by atoms with Crippen molar-refractivity contribution in [2.75, 3.05) is 5.73 Å². The second kappa shape index (κ2) is 5.67. The van der Waals surface area contributed by atoms with Crippen LogP contribution in [0.3, 0.4) is 0 Å². The molecule has 0 aliphatic heterocycles. The van der Waals surface area contributed by atoms with Gasteiger partial charge in [0.1, 0.15) is 11.3 Å². The van der Waals surface area contributed by atoms with Gasteiger partial charge in [-0.1, -0.05) is 36.4 Å². The summed E-state index contributed by atoms with van der Waals surface area (Å²) in [6, 6.07) is 19.6. The number of benzene rings is 2. The molecular weight excluding hydrogens is 324 g/mol. The lowest BCUT2D eigenvalue weighted by molar-refractivity contribution is 0.620. The summed E-state index contributed by atoms with van der Waals surface area (Å²) in [4.78, 5) is 13.4. The van der Waals surface area contributed by atoms with Gasteiger partial charge in [-0.3, -0.25) is 4.98 Å². The average Bonchev–Trinajstić information content (AvgIpc) is 3.12. The van der Waals surface area contributed by atoms with Crippen LogP contribution in [-0.4, -0.2) is 15.0 Å². The maximum Gasteiger partial charge on any atom is 0.231 e. The molecule has 0 aliphatic carbocycles. The van der Waals surface area contributed by atoms with Crippen LogP contribution in [0.25, 0.3) is 44.6 Å². The number of aromatic nitrogens is 3. The number of hydrogen-bond donors (Lipinski definition) is 1. The minimum absolute atomic E-state index is 0.383. The number of anilines is 1. The Labute approximate surface area is 149 Å². The van der Waals surface area contributed by atoms with Crippen molar-refractivity contribution < 1.29 is 4.42 Å². The van der Waals surface area contributed by atoms with Crippen molar-refractivity contribution in [1.29, 1.82) is 0 Å². The Bertz CT molecular complexity index is 1220. The van der Waals surface area contributed by atoms with E-state index in [0.29, 0.717) is 17.3 Å². The fourth-order valence-electron chi connectivity index (χ4n) is 3.12. The van der Waals surface area contributed by atoms with Crippen molar-refractivity contribution >= 4 is 27.8 Å². The minimum atomic E-state index is 0.383. The van der Waals surface area contributed by atoms with Crippen molar-refractivity contribution in [3.05, 3.63) is 73.1 Å². The molecule has 2 aromatic carbocycles. The number of nitrogens with zero attached hydrogens (tertiary/aromatic N) is 3. The van der Waals surface area contributed by atoms with Crippen molar-refractivity contribution in [3.8, 4) is 22.6 Å². The third-order valence-corrected chi connectivity index (χ3v) is 4.39. The Kier molecular flexibility index (Phi) is 3.18. The van der Waals surface area contributed by atoms with E-state index in [1.165, 1.54) is 0 Å². The molecule has 5 rings (SSSR count). The van der Waals surface area contributed by atoms with Crippen molar-refractivity contribution in [2.24, 2.45) is 0 Å². The first kappa shape index (κ1) is 14.6. The summed E-state index contributed by atoms with van der Waals surface area (Å²) in [7, 11) is 0. The van der Waals surface area contributed by atoms with E-state index in [9.17, 15) is 0 Å². The first-order valence-corrected chi connectivity index (χ1v) is 8.25. The van der Waals surface area contributed by atoms with Crippen LogP contribution in [-0.2, 0) is 0 Å². The van der Waals surface area contributed by atoms with Crippen LogP contribution in [0.2, 0.25) is 0 Å². The predicted molar refractivity (Wildman–Crippen MR) is 102 cm³/mol. The summed E-state index contributed by atoms with van der Waals surface area (Å²) < 4.78 is 5.87. The highest BCUT2D eigenvalue weighted by molar-refractivity contribution is 5.94. The Balaban J connectivity index is 1.71. The van der Waals surface area contributed by atoms with Crippen molar-refractivity contribution in [3.63, 3.8) is 0 Å². The number of nitrogen functional groups attached to an aromatic ring is 1. The third-order valence-electron chi connectivity index (χ3n) is 4.39. The number of rotatable bonds is 2. The number of hydrogen-bond acceptors (Lipinski definition) is 5. The van der Waals surface area contributed by atoms with Crippen LogP contribution >= 0.6 is 0 Å². The van der Waals surface area contributed by atoms with Crippen LogP contribution in [0.5, 0.6) is 0 Å². The fraction of sp³-hybridized carbons (Fsp3) is 0. The van der Waals surface area contributed by atoms with Crippen molar-refractivity contribution in [2.45, 2.75) is 0 Å². The maximum atomic E-state index is 6.11. The number of pyridine rings is 2. The molecule has 0 aliphatic rings. The lowest BCUT2D eigenvalue weighted by atomic mass is 10.0. The van der Waals surface area contributed by atoms with Gasteiger partial charge in [-0.2, -0.15) is 0 Å². The van der Waals surface area contributed by atoms with E-state index in [0.717, 1.165) is 33.1 Å². The lowest BCUT2D eigenvalue weighted by Crippen LogP contribution is -1.95. The van der Waals surface area contributed by atoms with Gasteiger partial charge in [-0.05, 0) is 24.3 Å². The Hall–Kier alpha value is -3.73. The Morgan fingerprint density at radius 1 is 0.846 bits per heavy atom. The number of nitrogens with two attached hydrogens (primary N) is 1. The molecular formula is C21H14N4O. The minimum Gasteiger partial charge on any atom is -0.436 e. The highest BCUT2D eigenvalue weighted by Gasteiger charge is 2.14. The zero-order chi connectivity index (χ0) is 17.5. The van der Waals surface area contributed by atoms with Crippen LogP contribution in [0.1, 0.15) is 0 Å². The molecule has 0 unspecified atom stereocenters. The molecule has 3 heterocycles. The summed E-state index contributed by atoms with van der Waals surface area (Å²) in [5.41, 5.74) is 11.1. The zero-order valence-electron chi connectivity index (χ0n) is 13.8. The average molecular weight is 338 g/mol. The normalized spacial score (nSPS) is 11.2. The molecule has 3 aromatic heterocycles. The molecule has 5 aromatic rings. The second-order valence-electron chi connectivity index (χ2n) is 6.02. The van der Waals surface area contributed by atoms with Crippen LogP contribution in [0, 0.1) is 0 Å². The molecule has 0 bridgehead atoms. The van der Waals surface area contributed by atoms with Gasteiger partial charge in [0.2, 0.25) is 5.89 Å². The molecule has 0 spiro atoms. The lowest BCUT2D eigenvalue weighted by Gasteiger charge is -2.08. The summed E-state index contributed by atoms with van der Waals surface area (Å²) in [6.45, 7) is 0. The summed E-state index contributed by atoms with van der Waals surface area (Å²) >= 11 is 0. The molecule has 0 saturated carbocycles. The largest absolute Gasteiger partial charge is 0.436 e. The van der Waals surface area contributed by atoms with E-state index in [1.807, 2.05) is 60.7 Å². The Morgan fingerprint density at radius 3 is 2.65 bits per heavy atom. The quantitative estimate of drug-likeness (QED) is 0.505. The van der Waals surface area contributed by atoms with Gasteiger partial charge < -0.3 is 10.2 Å². The molecule has 0 amide bonds. The molecule has 5 heteroatoms. The highest BCUT2D eigenvalue weighted by atomic mass is 16.3. The summed E-state index contributed by atoms with van der Waals surface area (Å²) in [5.74, 6) is 0.847. The molecule has 0 atom stereocenters. The zero-order valence-corrected chi connectivity index (χ0v) is 13.8. The molecule has 124 valence electrons. The SMILES string of the molecule is Nc1ncc(-c2cccc3cccnc23)cc1-c1nc2ccccc2o1. The van der Waals surface area contributed by atoms with E-state index < -0.39 is 0 Å². The number of para-hydroxylation sites is 3. The summed E-state index contributed by atoms with van der Waals surface area (Å²) in [5, 5.41) is 1.07. The molecule has 26 heavy (non-hydrogen) atoms. The number of fused-ring (bicyclic) bond motifs is 2. The van der Waals surface area contributed by atoms with Crippen LogP contribution < -0.4 is 5.73 Å². The molecule has 5 nitrogen and oxygen atoms in total. The first-order valence-electron chi connectivity index (χ1n) is 8.25. The van der Waals surface area contributed by atoms with Gasteiger partial charge in [-0.25, -0.2) is 9.97 Å². The fourth-order valence-corrected chi connectivity index (χ4v) is 3.12. The first-order chi connectivity index (χ1) is 12.8. The van der Waals surface area contributed by atoms with Crippen LogP contribution in [0.15, 0.2) is 77.5 Å². The smallest absolute Gasteiger partial charge is 0.231 e.